The molecule has 0 saturated carbocycles. The van der Waals surface area contributed by atoms with E-state index < -0.39 is 0 Å². The second-order valence-electron chi connectivity index (χ2n) is 5.56. The summed E-state index contributed by atoms with van der Waals surface area (Å²) in [7, 11) is 4.19. The van der Waals surface area contributed by atoms with Gasteiger partial charge in [0.05, 0.1) is 6.04 Å². The molecule has 2 rings (SSSR count). The highest BCUT2D eigenvalue weighted by atomic mass is 16.3. The summed E-state index contributed by atoms with van der Waals surface area (Å²) in [5.41, 5.74) is 2.71. The number of benzene rings is 1. The molecule has 0 amide bonds. The fraction of sp³-hybridized carbons (Fsp3) is 0.412. The number of furan rings is 1. The Balaban J connectivity index is 2.00. The number of rotatable bonds is 6. The van der Waals surface area contributed by atoms with Gasteiger partial charge in [-0.3, -0.25) is 0 Å². The molecule has 108 valence electrons. The van der Waals surface area contributed by atoms with E-state index in [4.69, 9.17) is 4.42 Å². The lowest BCUT2D eigenvalue weighted by Gasteiger charge is -2.16. The van der Waals surface area contributed by atoms with Gasteiger partial charge in [-0.15, -0.1) is 0 Å². The van der Waals surface area contributed by atoms with E-state index in [2.05, 4.69) is 55.5 Å². The molecule has 3 heteroatoms. The van der Waals surface area contributed by atoms with E-state index in [0.717, 1.165) is 24.6 Å². The second kappa shape index (κ2) is 6.73. The predicted octanol–water partition coefficient (Wildman–Crippen LogP) is 3.50. The van der Waals surface area contributed by atoms with E-state index >= 15 is 0 Å². The third-order valence-electron chi connectivity index (χ3n) is 3.39. The van der Waals surface area contributed by atoms with Gasteiger partial charge in [0, 0.05) is 13.1 Å². The second-order valence-corrected chi connectivity index (χ2v) is 5.56. The number of hydrogen-bond donors (Lipinski definition) is 1. The van der Waals surface area contributed by atoms with Crippen molar-refractivity contribution in [3.8, 4) is 0 Å². The first-order valence-electron chi connectivity index (χ1n) is 7.07. The summed E-state index contributed by atoms with van der Waals surface area (Å²) in [4.78, 5) is 2.19. The van der Waals surface area contributed by atoms with E-state index in [9.17, 15) is 0 Å². The van der Waals surface area contributed by atoms with Gasteiger partial charge in [-0.2, -0.15) is 0 Å². The Morgan fingerprint density at radius 3 is 2.40 bits per heavy atom. The van der Waals surface area contributed by atoms with Gasteiger partial charge in [0.1, 0.15) is 11.5 Å². The lowest BCUT2D eigenvalue weighted by Crippen LogP contribution is -2.20. The van der Waals surface area contributed by atoms with Crippen LogP contribution in [0.15, 0.2) is 40.8 Å². The third kappa shape index (κ3) is 3.95. The lowest BCUT2D eigenvalue weighted by molar-refractivity contribution is 0.396. The van der Waals surface area contributed by atoms with Crippen molar-refractivity contribution in [3.05, 3.63) is 59.0 Å². The summed E-state index contributed by atoms with van der Waals surface area (Å²) in [6, 6.07) is 12.8. The van der Waals surface area contributed by atoms with Crippen LogP contribution in [0, 0.1) is 6.92 Å². The summed E-state index contributed by atoms with van der Waals surface area (Å²) in [5, 5.41) is 3.53. The molecule has 0 aliphatic heterocycles. The average Bonchev–Trinajstić information content (AvgIpc) is 2.83. The molecule has 1 aromatic heterocycles. The molecule has 20 heavy (non-hydrogen) atoms. The maximum absolute atomic E-state index is 5.66. The smallest absolute Gasteiger partial charge is 0.120 e. The van der Waals surface area contributed by atoms with Gasteiger partial charge in [-0.1, -0.05) is 24.3 Å². The standard InChI is InChI=1S/C17H24N2O/c1-13-9-10-17(20-13)14(2)18-11-15-7-5-6-8-16(15)12-19(3)4/h5-10,14,18H,11-12H2,1-4H3. The van der Waals surface area contributed by atoms with Crippen LogP contribution in [0.25, 0.3) is 0 Å². The van der Waals surface area contributed by atoms with E-state index in [0.29, 0.717) is 0 Å². The summed E-state index contributed by atoms with van der Waals surface area (Å²) < 4.78 is 5.66. The van der Waals surface area contributed by atoms with Crippen molar-refractivity contribution in [2.24, 2.45) is 0 Å². The molecule has 2 aromatic rings. The Morgan fingerprint density at radius 1 is 1.10 bits per heavy atom. The maximum atomic E-state index is 5.66. The van der Waals surface area contributed by atoms with Crippen LogP contribution in [0.3, 0.4) is 0 Å². The van der Waals surface area contributed by atoms with Gasteiger partial charge < -0.3 is 14.6 Å². The molecule has 0 bridgehead atoms. The van der Waals surface area contributed by atoms with E-state index in [1.807, 2.05) is 19.1 Å². The summed E-state index contributed by atoms with van der Waals surface area (Å²) in [5.74, 6) is 1.95. The average molecular weight is 272 g/mol. The minimum Gasteiger partial charge on any atom is -0.465 e. The van der Waals surface area contributed by atoms with Crippen LogP contribution >= 0.6 is 0 Å². The fourth-order valence-corrected chi connectivity index (χ4v) is 2.27. The molecule has 0 saturated heterocycles. The van der Waals surface area contributed by atoms with E-state index in [1.54, 1.807) is 0 Å². The Bertz CT molecular complexity index is 545. The predicted molar refractivity (Wildman–Crippen MR) is 82.5 cm³/mol. The molecule has 0 radical (unpaired) electrons. The molecule has 1 unspecified atom stereocenters. The van der Waals surface area contributed by atoms with E-state index in [-0.39, 0.29) is 6.04 Å². The Hall–Kier alpha value is -1.58. The van der Waals surface area contributed by atoms with Crippen molar-refractivity contribution in [3.63, 3.8) is 0 Å². The third-order valence-corrected chi connectivity index (χ3v) is 3.39. The molecule has 1 N–H and O–H groups in total. The van der Waals surface area contributed by atoms with Crippen molar-refractivity contribution in [1.29, 1.82) is 0 Å². The minimum absolute atomic E-state index is 0.219. The summed E-state index contributed by atoms with van der Waals surface area (Å²) in [6.07, 6.45) is 0. The molecule has 0 fully saturated rings. The van der Waals surface area contributed by atoms with Crippen molar-refractivity contribution < 1.29 is 4.42 Å². The summed E-state index contributed by atoms with van der Waals surface area (Å²) in [6.45, 7) is 5.92. The van der Waals surface area contributed by atoms with Crippen LogP contribution in [0.1, 0.15) is 35.6 Å². The molecule has 1 heterocycles. The zero-order valence-corrected chi connectivity index (χ0v) is 12.8. The van der Waals surface area contributed by atoms with Gasteiger partial charge in [0.2, 0.25) is 0 Å². The number of hydrogen-bond acceptors (Lipinski definition) is 3. The first-order chi connectivity index (χ1) is 9.56. The van der Waals surface area contributed by atoms with Gasteiger partial charge in [0.15, 0.2) is 0 Å². The van der Waals surface area contributed by atoms with Crippen molar-refractivity contribution in [1.82, 2.24) is 10.2 Å². The molecule has 0 spiro atoms. The Kier molecular flexibility index (Phi) is 4.99. The van der Waals surface area contributed by atoms with E-state index in [1.165, 1.54) is 11.1 Å². The molecule has 0 aliphatic carbocycles. The van der Waals surface area contributed by atoms with Gasteiger partial charge in [-0.25, -0.2) is 0 Å². The van der Waals surface area contributed by atoms with Crippen molar-refractivity contribution in [2.75, 3.05) is 14.1 Å². The molecule has 1 aromatic carbocycles. The number of nitrogens with one attached hydrogen (secondary N) is 1. The highest BCUT2D eigenvalue weighted by Crippen LogP contribution is 2.17. The van der Waals surface area contributed by atoms with Crippen LogP contribution in [0.4, 0.5) is 0 Å². The lowest BCUT2D eigenvalue weighted by atomic mass is 10.1. The van der Waals surface area contributed by atoms with Crippen LogP contribution in [0.5, 0.6) is 0 Å². The fourth-order valence-electron chi connectivity index (χ4n) is 2.27. The van der Waals surface area contributed by atoms with Gasteiger partial charge in [-0.05, 0) is 51.2 Å². The monoisotopic (exact) mass is 272 g/mol. The summed E-state index contributed by atoms with van der Waals surface area (Å²) >= 11 is 0. The van der Waals surface area contributed by atoms with Gasteiger partial charge >= 0.3 is 0 Å². The Morgan fingerprint density at radius 2 is 1.80 bits per heavy atom. The molecular weight excluding hydrogens is 248 g/mol. The number of nitrogens with zero attached hydrogens (tertiary/aromatic N) is 1. The first-order valence-corrected chi connectivity index (χ1v) is 7.07. The molecule has 0 aliphatic rings. The zero-order chi connectivity index (χ0) is 14.5. The highest BCUT2D eigenvalue weighted by Gasteiger charge is 2.10. The quantitative estimate of drug-likeness (QED) is 0.872. The SMILES string of the molecule is Cc1ccc(C(C)NCc2ccccc2CN(C)C)o1. The number of aryl methyl sites for hydroxylation is 1. The van der Waals surface area contributed by atoms with Crippen LogP contribution in [-0.2, 0) is 13.1 Å². The zero-order valence-electron chi connectivity index (χ0n) is 12.8. The molecule has 1 atom stereocenters. The topological polar surface area (TPSA) is 28.4 Å². The van der Waals surface area contributed by atoms with Crippen LogP contribution in [-0.4, -0.2) is 19.0 Å². The minimum atomic E-state index is 0.219. The maximum Gasteiger partial charge on any atom is 0.120 e. The van der Waals surface area contributed by atoms with Crippen molar-refractivity contribution >= 4 is 0 Å². The molecular formula is C17H24N2O. The van der Waals surface area contributed by atoms with Crippen LogP contribution in [0.2, 0.25) is 0 Å². The first kappa shape index (κ1) is 14.8. The van der Waals surface area contributed by atoms with Crippen molar-refractivity contribution in [2.45, 2.75) is 33.0 Å². The van der Waals surface area contributed by atoms with Gasteiger partial charge in [0.25, 0.3) is 0 Å². The Labute approximate surface area is 121 Å². The highest BCUT2D eigenvalue weighted by molar-refractivity contribution is 5.27. The molecule has 3 nitrogen and oxygen atoms in total. The van der Waals surface area contributed by atoms with Crippen LogP contribution < -0.4 is 5.32 Å². The largest absolute Gasteiger partial charge is 0.465 e. The normalized spacial score (nSPS) is 12.8.